The summed E-state index contributed by atoms with van der Waals surface area (Å²) < 4.78 is 0. The van der Waals surface area contributed by atoms with Crippen LogP contribution in [0.3, 0.4) is 0 Å². The maximum Gasteiger partial charge on any atom is 0.328 e. The summed E-state index contributed by atoms with van der Waals surface area (Å²) in [6.07, 6.45) is 7.38. The van der Waals surface area contributed by atoms with Gasteiger partial charge >= 0.3 is 5.97 Å². The number of aliphatic carboxylic acids is 1. The van der Waals surface area contributed by atoms with Crippen molar-refractivity contribution in [2.24, 2.45) is 5.92 Å². The predicted molar refractivity (Wildman–Crippen MR) is 82.5 cm³/mol. The summed E-state index contributed by atoms with van der Waals surface area (Å²) in [5, 5.41) is 8.84. The lowest BCUT2D eigenvalue weighted by Crippen LogP contribution is -1.99. The SMILES string of the molecule is CC(C)Cc1ccc(C2=C/C(=C/C(=O)O)CCC2)cc1. The van der Waals surface area contributed by atoms with E-state index in [0.717, 1.165) is 31.3 Å². The van der Waals surface area contributed by atoms with E-state index < -0.39 is 5.97 Å². The van der Waals surface area contributed by atoms with Crippen LogP contribution in [0.4, 0.5) is 0 Å². The van der Waals surface area contributed by atoms with Crippen molar-refractivity contribution in [2.45, 2.75) is 39.5 Å². The minimum absolute atomic E-state index is 0.667. The summed E-state index contributed by atoms with van der Waals surface area (Å²) in [4.78, 5) is 10.8. The monoisotopic (exact) mass is 270 g/mol. The number of carboxylic acid groups (broad SMARTS) is 1. The van der Waals surface area contributed by atoms with Crippen molar-refractivity contribution in [3.63, 3.8) is 0 Å². The average Bonchev–Trinajstić information content (AvgIpc) is 2.38. The first-order valence-electron chi connectivity index (χ1n) is 7.28. The maximum absolute atomic E-state index is 10.8. The Bertz CT molecular complexity index is 533. The number of carboxylic acids is 1. The van der Waals surface area contributed by atoms with E-state index in [1.165, 1.54) is 22.8 Å². The molecule has 2 heteroatoms. The maximum atomic E-state index is 10.8. The van der Waals surface area contributed by atoms with Gasteiger partial charge in [-0.15, -0.1) is 0 Å². The van der Waals surface area contributed by atoms with E-state index in [1.807, 2.05) is 6.08 Å². The fraction of sp³-hybridized carbons (Fsp3) is 0.389. The lowest BCUT2D eigenvalue weighted by Gasteiger charge is -2.16. The molecule has 2 rings (SSSR count). The molecule has 2 nitrogen and oxygen atoms in total. The minimum atomic E-state index is -0.857. The van der Waals surface area contributed by atoms with Gasteiger partial charge in [0.05, 0.1) is 0 Å². The summed E-state index contributed by atoms with van der Waals surface area (Å²) >= 11 is 0. The molecule has 20 heavy (non-hydrogen) atoms. The zero-order chi connectivity index (χ0) is 14.5. The van der Waals surface area contributed by atoms with Gasteiger partial charge in [-0.05, 0) is 53.9 Å². The molecular weight excluding hydrogens is 248 g/mol. The Kier molecular flexibility index (Phi) is 4.78. The van der Waals surface area contributed by atoms with Gasteiger partial charge in [0, 0.05) is 6.08 Å². The number of allylic oxidation sites excluding steroid dienone is 3. The normalized spacial score (nSPS) is 17.4. The van der Waals surface area contributed by atoms with Crippen LogP contribution in [0, 0.1) is 5.92 Å². The van der Waals surface area contributed by atoms with Crippen molar-refractivity contribution >= 4 is 11.5 Å². The first kappa shape index (κ1) is 14.6. The van der Waals surface area contributed by atoms with Gasteiger partial charge in [-0.3, -0.25) is 0 Å². The van der Waals surface area contributed by atoms with Crippen LogP contribution < -0.4 is 0 Å². The summed E-state index contributed by atoms with van der Waals surface area (Å²) in [5.41, 5.74) is 4.75. The van der Waals surface area contributed by atoms with Gasteiger partial charge in [-0.25, -0.2) is 4.79 Å². The molecule has 0 bridgehead atoms. The average molecular weight is 270 g/mol. The number of carbonyl (C=O) groups is 1. The molecule has 1 aromatic carbocycles. The van der Waals surface area contributed by atoms with Gasteiger partial charge in [-0.1, -0.05) is 44.2 Å². The third-order valence-electron chi connectivity index (χ3n) is 3.55. The van der Waals surface area contributed by atoms with Crippen molar-refractivity contribution in [2.75, 3.05) is 0 Å². The van der Waals surface area contributed by atoms with Gasteiger partial charge in [0.2, 0.25) is 0 Å². The van der Waals surface area contributed by atoms with E-state index in [2.05, 4.69) is 38.1 Å². The third kappa shape index (κ3) is 4.09. The molecule has 1 aromatic rings. The van der Waals surface area contributed by atoms with Gasteiger partial charge in [0.25, 0.3) is 0 Å². The molecule has 0 aliphatic heterocycles. The first-order valence-corrected chi connectivity index (χ1v) is 7.28. The standard InChI is InChI=1S/C18H22O2/c1-13(2)10-14-6-8-16(9-7-14)17-5-3-4-15(11-17)12-18(19)20/h6-9,11-13H,3-5,10H2,1-2H3,(H,19,20)/b15-12+. The smallest absolute Gasteiger partial charge is 0.328 e. The molecule has 0 aromatic heterocycles. The third-order valence-corrected chi connectivity index (χ3v) is 3.55. The van der Waals surface area contributed by atoms with E-state index in [0.29, 0.717) is 5.92 Å². The van der Waals surface area contributed by atoms with E-state index in [-0.39, 0.29) is 0 Å². The van der Waals surface area contributed by atoms with E-state index in [4.69, 9.17) is 5.11 Å². The van der Waals surface area contributed by atoms with Crippen molar-refractivity contribution < 1.29 is 9.90 Å². The second kappa shape index (κ2) is 6.56. The van der Waals surface area contributed by atoms with Crippen LogP contribution >= 0.6 is 0 Å². The molecule has 0 atom stereocenters. The molecule has 0 spiro atoms. The van der Waals surface area contributed by atoms with Crippen LogP contribution in [-0.2, 0) is 11.2 Å². The molecule has 0 heterocycles. The topological polar surface area (TPSA) is 37.3 Å². The summed E-state index contributed by atoms with van der Waals surface area (Å²) in [6.45, 7) is 4.45. The highest BCUT2D eigenvalue weighted by molar-refractivity contribution is 5.82. The summed E-state index contributed by atoms with van der Waals surface area (Å²) in [5.74, 6) is -0.190. The Morgan fingerprint density at radius 3 is 2.55 bits per heavy atom. The number of hydrogen-bond donors (Lipinski definition) is 1. The number of benzene rings is 1. The molecule has 0 saturated heterocycles. The number of rotatable bonds is 4. The molecule has 1 aliphatic carbocycles. The second-order valence-corrected chi connectivity index (χ2v) is 5.88. The summed E-state index contributed by atoms with van der Waals surface area (Å²) in [7, 11) is 0. The van der Waals surface area contributed by atoms with Crippen molar-refractivity contribution in [1.82, 2.24) is 0 Å². The fourth-order valence-electron chi connectivity index (χ4n) is 2.68. The van der Waals surface area contributed by atoms with E-state index >= 15 is 0 Å². The predicted octanol–water partition coefficient (Wildman–Crippen LogP) is 4.46. The Balaban J connectivity index is 2.18. The Morgan fingerprint density at radius 1 is 1.25 bits per heavy atom. The highest BCUT2D eigenvalue weighted by Gasteiger charge is 2.10. The molecule has 0 radical (unpaired) electrons. The second-order valence-electron chi connectivity index (χ2n) is 5.88. The fourth-order valence-corrected chi connectivity index (χ4v) is 2.68. The van der Waals surface area contributed by atoms with E-state index in [9.17, 15) is 4.79 Å². The first-order chi connectivity index (χ1) is 9.54. The van der Waals surface area contributed by atoms with Gasteiger partial charge in [0.1, 0.15) is 0 Å². The van der Waals surface area contributed by atoms with Gasteiger partial charge in [0.15, 0.2) is 0 Å². The van der Waals surface area contributed by atoms with Crippen molar-refractivity contribution in [1.29, 1.82) is 0 Å². The molecule has 106 valence electrons. The molecule has 1 N–H and O–H groups in total. The molecule has 0 saturated carbocycles. The minimum Gasteiger partial charge on any atom is -0.478 e. The lowest BCUT2D eigenvalue weighted by molar-refractivity contribution is -0.131. The zero-order valence-corrected chi connectivity index (χ0v) is 12.2. The van der Waals surface area contributed by atoms with Gasteiger partial charge in [-0.2, -0.15) is 0 Å². The van der Waals surface area contributed by atoms with Crippen molar-refractivity contribution in [3.8, 4) is 0 Å². The van der Waals surface area contributed by atoms with Gasteiger partial charge < -0.3 is 5.11 Å². The molecule has 0 unspecified atom stereocenters. The molecule has 0 fully saturated rings. The molecule has 1 aliphatic rings. The van der Waals surface area contributed by atoms with Crippen LogP contribution in [0.1, 0.15) is 44.2 Å². The highest BCUT2D eigenvalue weighted by atomic mass is 16.4. The highest BCUT2D eigenvalue weighted by Crippen LogP contribution is 2.29. The van der Waals surface area contributed by atoms with Crippen LogP contribution in [0.5, 0.6) is 0 Å². The Labute approximate surface area is 120 Å². The Morgan fingerprint density at radius 2 is 1.95 bits per heavy atom. The van der Waals surface area contributed by atoms with Crippen LogP contribution in [0.2, 0.25) is 0 Å². The summed E-state index contributed by atoms with van der Waals surface area (Å²) in [6, 6.07) is 8.69. The van der Waals surface area contributed by atoms with E-state index in [1.54, 1.807) is 0 Å². The molecular formula is C18H22O2. The van der Waals surface area contributed by atoms with Crippen LogP contribution in [0.15, 0.2) is 42.0 Å². The Hall–Kier alpha value is -1.83. The molecule has 0 amide bonds. The lowest BCUT2D eigenvalue weighted by atomic mass is 9.89. The number of hydrogen-bond acceptors (Lipinski definition) is 1. The largest absolute Gasteiger partial charge is 0.478 e. The van der Waals surface area contributed by atoms with Crippen LogP contribution in [-0.4, -0.2) is 11.1 Å². The van der Waals surface area contributed by atoms with Crippen molar-refractivity contribution in [3.05, 3.63) is 53.1 Å². The van der Waals surface area contributed by atoms with Crippen LogP contribution in [0.25, 0.3) is 5.57 Å². The quantitative estimate of drug-likeness (QED) is 0.820. The zero-order valence-electron chi connectivity index (χ0n) is 12.2.